The van der Waals surface area contributed by atoms with E-state index in [1.54, 1.807) is 0 Å². The fourth-order valence-electron chi connectivity index (χ4n) is 2.24. The van der Waals surface area contributed by atoms with E-state index in [1.165, 1.54) is 0 Å². The van der Waals surface area contributed by atoms with Gasteiger partial charge in [0.2, 0.25) is 0 Å². The molecular weight excluding hydrogens is 174 g/mol. The van der Waals surface area contributed by atoms with Crippen LogP contribution in [-0.4, -0.2) is 10.9 Å². The molecule has 0 aromatic carbocycles. The standard InChI is InChI=1S/C12H21NO/c1-6-12(5)7-9(2)11(3,4)10(8-12)13-14/h6,9,14H,1,7-8H2,2-5H3/b13-10+. The fourth-order valence-corrected chi connectivity index (χ4v) is 2.24. The van der Waals surface area contributed by atoms with E-state index in [2.05, 4.69) is 39.4 Å². The summed E-state index contributed by atoms with van der Waals surface area (Å²) in [5.74, 6) is 0.519. The molecule has 0 heterocycles. The normalized spacial score (nSPS) is 39.7. The lowest BCUT2D eigenvalue weighted by molar-refractivity contribution is 0.183. The Morgan fingerprint density at radius 3 is 2.50 bits per heavy atom. The molecule has 2 nitrogen and oxygen atoms in total. The molecule has 0 bridgehead atoms. The van der Waals surface area contributed by atoms with Crippen molar-refractivity contribution < 1.29 is 5.21 Å². The van der Waals surface area contributed by atoms with Crippen LogP contribution in [-0.2, 0) is 0 Å². The molecule has 0 amide bonds. The number of rotatable bonds is 1. The van der Waals surface area contributed by atoms with Gasteiger partial charge in [0.25, 0.3) is 0 Å². The highest BCUT2D eigenvalue weighted by Gasteiger charge is 2.43. The molecule has 1 N–H and O–H groups in total. The Bertz CT molecular complexity index is 267. The zero-order chi connectivity index (χ0) is 11.0. The summed E-state index contributed by atoms with van der Waals surface area (Å²) in [5.41, 5.74) is 1.01. The molecule has 0 aromatic heterocycles. The van der Waals surface area contributed by atoms with Crippen molar-refractivity contribution in [1.82, 2.24) is 0 Å². The molecule has 0 aliphatic heterocycles. The van der Waals surface area contributed by atoms with Crippen molar-refractivity contribution in [2.24, 2.45) is 21.9 Å². The van der Waals surface area contributed by atoms with E-state index in [-0.39, 0.29) is 10.8 Å². The molecule has 0 saturated heterocycles. The van der Waals surface area contributed by atoms with Gasteiger partial charge in [-0.2, -0.15) is 0 Å². The summed E-state index contributed by atoms with van der Waals surface area (Å²) in [6.45, 7) is 12.6. The number of hydrogen-bond acceptors (Lipinski definition) is 2. The molecule has 1 fully saturated rings. The lowest BCUT2D eigenvalue weighted by atomic mass is 9.59. The van der Waals surface area contributed by atoms with Gasteiger partial charge in [0.05, 0.1) is 5.71 Å². The van der Waals surface area contributed by atoms with Crippen molar-refractivity contribution in [2.45, 2.75) is 40.5 Å². The minimum absolute atomic E-state index is 0.0112. The number of allylic oxidation sites excluding steroid dienone is 1. The van der Waals surface area contributed by atoms with Crippen LogP contribution >= 0.6 is 0 Å². The molecule has 1 aliphatic carbocycles. The number of nitrogens with zero attached hydrogens (tertiary/aromatic N) is 1. The van der Waals surface area contributed by atoms with E-state index in [4.69, 9.17) is 5.21 Å². The molecule has 1 aliphatic rings. The largest absolute Gasteiger partial charge is 0.411 e. The van der Waals surface area contributed by atoms with Gasteiger partial charge in [0.15, 0.2) is 0 Å². The van der Waals surface area contributed by atoms with Crippen LogP contribution in [0.4, 0.5) is 0 Å². The van der Waals surface area contributed by atoms with Crippen molar-refractivity contribution in [3.05, 3.63) is 12.7 Å². The van der Waals surface area contributed by atoms with Gasteiger partial charge in [-0.1, -0.05) is 38.9 Å². The van der Waals surface area contributed by atoms with Gasteiger partial charge in [-0.25, -0.2) is 0 Å². The van der Waals surface area contributed by atoms with Gasteiger partial charge >= 0.3 is 0 Å². The van der Waals surface area contributed by atoms with Crippen LogP contribution in [0.3, 0.4) is 0 Å². The maximum absolute atomic E-state index is 9.03. The van der Waals surface area contributed by atoms with Crippen LogP contribution < -0.4 is 0 Å². The molecule has 1 saturated carbocycles. The minimum Gasteiger partial charge on any atom is -0.411 e. The monoisotopic (exact) mass is 195 g/mol. The molecule has 14 heavy (non-hydrogen) atoms. The minimum atomic E-state index is 0.0112. The second kappa shape index (κ2) is 3.41. The molecule has 0 aromatic rings. The average Bonchev–Trinajstić information content (AvgIpc) is 2.12. The molecule has 0 radical (unpaired) electrons. The summed E-state index contributed by atoms with van der Waals surface area (Å²) >= 11 is 0. The highest BCUT2D eigenvalue weighted by molar-refractivity contribution is 5.90. The van der Waals surface area contributed by atoms with Gasteiger partial charge in [0, 0.05) is 5.41 Å². The van der Waals surface area contributed by atoms with E-state index in [0.29, 0.717) is 5.92 Å². The smallest absolute Gasteiger partial charge is 0.0638 e. The third-order valence-corrected chi connectivity index (χ3v) is 3.93. The zero-order valence-electron chi connectivity index (χ0n) is 9.67. The van der Waals surface area contributed by atoms with Crippen molar-refractivity contribution in [1.29, 1.82) is 0 Å². The van der Waals surface area contributed by atoms with E-state index < -0.39 is 0 Å². The number of hydrogen-bond donors (Lipinski definition) is 1. The van der Waals surface area contributed by atoms with Gasteiger partial charge in [-0.15, -0.1) is 6.58 Å². The first-order valence-corrected chi connectivity index (χ1v) is 5.21. The Morgan fingerprint density at radius 2 is 2.07 bits per heavy atom. The first kappa shape index (κ1) is 11.3. The summed E-state index contributed by atoms with van der Waals surface area (Å²) < 4.78 is 0. The quantitative estimate of drug-likeness (QED) is 0.388. The predicted molar refractivity (Wildman–Crippen MR) is 59.7 cm³/mol. The molecular formula is C12H21NO. The maximum Gasteiger partial charge on any atom is 0.0638 e. The van der Waals surface area contributed by atoms with Gasteiger partial charge < -0.3 is 5.21 Å². The predicted octanol–water partition coefficient (Wildman–Crippen LogP) is 3.47. The van der Waals surface area contributed by atoms with Crippen molar-refractivity contribution >= 4 is 5.71 Å². The first-order valence-electron chi connectivity index (χ1n) is 5.21. The lowest BCUT2D eigenvalue weighted by Crippen LogP contribution is -2.42. The van der Waals surface area contributed by atoms with Crippen molar-refractivity contribution in [2.75, 3.05) is 0 Å². The molecule has 2 heteroatoms. The number of oxime groups is 1. The van der Waals surface area contributed by atoms with Crippen molar-refractivity contribution in [3.8, 4) is 0 Å². The molecule has 0 spiro atoms. The van der Waals surface area contributed by atoms with Gasteiger partial charge in [-0.3, -0.25) is 0 Å². The summed E-state index contributed by atoms with van der Waals surface area (Å²) in [6, 6.07) is 0. The Hall–Kier alpha value is -0.790. The Kier molecular flexibility index (Phi) is 2.75. The third kappa shape index (κ3) is 1.70. The first-order chi connectivity index (χ1) is 6.35. The average molecular weight is 195 g/mol. The van der Waals surface area contributed by atoms with Crippen LogP contribution in [0.1, 0.15) is 40.5 Å². The van der Waals surface area contributed by atoms with Crippen LogP contribution in [0.15, 0.2) is 17.8 Å². The summed E-state index contributed by atoms with van der Waals surface area (Å²) in [6.07, 6.45) is 3.93. The van der Waals surface area contributed by atoms with Crippen molar-refractivity contribution in [3.63, 3.8) is 0 Å². The third-order valence-electron chi connectivity index (χ3n) is 3.93. The van der Waals surface area contributed by atoms with E-state index in [1.807, 2.05) is 6.08 Å². The Labute approximate surface area is 86.7 Å². The van der Waals surface area contributed by atoms with Crippen LogP contribution in [0, 0.1) is 16.7 Å². The van der Waals surface area contributed by atoms with E-state index in [0.717, 1.165) is 18.6 Å². The Morgan fingerprint density at radius 1 is 1.50 bits per heavy atom. The molecule has 1 rings (SSSR count). The van der Waals surface area contributed by atoms with Crippen LogP contribution in [0.5, 0.6) is 0 Å². The highest BCUT2D eigenvalue weighted by Crippen LogP contribution is 2.47. The summed E-state index contributed by atoms with van der Waals surface area (Å²) in [7, 11) is 0. The Balaban J connectivity index is 3.01. The lowest BCUT2D eigenvalue weighted by Gasteiger charge is -2.45. The van der Waals surface area contributed by atoms with Gasteiger partial charge in [0.1, 0.15) is 0 Å². The molecule has 80 valence electrons. The second-order valence-corrected chi connectivity index (χ2v) is 5.41. The SMILES string of the molecule is C=CC1(C)C/C(=N\O)C(C)(C)C(C)C1. The zero-order valence-corrected chi connectivity index (χ0v) is 9.67. The topological polar surface area (TPSA) is 32.6 Å². The van der Waals surface area contributed by atoms with E-state index >= 15 is 0 Å². The molecule has 2 atom stereocenters. The summed E-state index contributed by atoms with van der Waals surface area (Å²) in [4.78, 5) is 0. The second-order valence-electron chi connectivity index (χ2n) is 5.41. The van der Waals surface area contributed by atoms with Gasteiger partial charge in [-0.05, 0) is 24.2 Å². The molecule has 2 unspecified atom stereocenters. The highest BCUT2D eigenvalue weighted by atomic mass is 16.4. The van der Waals surface area contributed by atoms with Crippen LogP contribution in [0.2, 0.25) is 0 Å². The maximum atomic E-state index is 9.03. The van der Waals surface area contributed by atoms with E-state index in [9.17, 15) is 0 Å². The summed E-state index contributed by atoms with van der Waals surface area (Å²) in [5, 5.41) is 12.5. The fraction of sp³-hybridized carbons (Fsp3) is 0.750. The van der Waals surface area contributed by atoms with Crippen LogP contribution in [0.25, 0.3) is 0 Å².